The Labute approximate surface area is 162 Å². The molecule has 0 saturated carbocycles. The van der Waals surface area contributed by atoms with E-state index in [1.807, 2.05) is 0 Å². The molecule has 0 amide bonds. The molecule has 9 heteroatoms. The standard InChI is InChI=1S/K.3Na.H3O4P.H/c;;;;1-5(2,3)4;/h;;;;(H3,1,2,3,4);/q;3*+1;;/p-3. The molecule has 0 N–H and O–H groups in total. The average molecular weight is 204 g/mol. The Morgan fingerprint density at radius 1 is 0.889 bits per heavy atom. The van der Waals surface area contributed by atoms with E-state index < -0.39 is 7.82 Å². The van der Waals surface area contributed by atoms with Gasteiger partial charge in [0.25, 0.3) is 0 Å². The summed E-state index contributed by atoms with van der Waals surface area (Å²) in [6, 6.07) is 0. The van der Waals surface area contributed by atoms with E-state index in [0.29, 0.717) is 0 Å². The zero-order chi connectivity index (χ0) is 4.50. The van der Waals surface area contributed by atoms with E-state index in [9.17, 15) is 0 Å². The van der Waals surface area contributed by atoms with Crippen LogP contribution in [0.15, 0.2) is 0 Å². The molecule has 0 aromatic carbocycles. The molecule has 0 atom stereocenters. The number of hydrogen-bond donors (Lipinski definition) is 0. The SMILES string of the molecule is O=P([O-])([O-])[O-].[KH].[Na+].[Na+].[Na+]. The van der Waals surface area contributed by atoms with Crippen LogP contribution in [-0.4, -0.2) is 51.4 Å². The van der Waals surface area contributed by atoms with E-state index in [0.717, 1.165) is 0 Å². The second-order valence-corrected chi connectivity index (χ2v) is 1.34. The van der Waals surface area contributed by atoms with E-state index in [1.54, 1.807) is 0 Å². The number of hydrogen-bond acceptors (Lipinski definition) is 4. The molecular weight excluding hydrogens is 203 g/mol. The molecule has 34 valence electrons. The van der Waals surface area contributed by atoms with Gasteiger partial charge in [-0.3, -0.25) is 0 Å². The second kappa shape index (κ2) is 15.2. The summed E-state index contributed by atoms with van der Waals surface area (Å²) < 4.78 is 8.55. The normalized spacial score (nSPS) is 6.56. The van der Waals surface area contributed by atoms with Crippen LogP contribution >= 0.6 is 7.82 Å². The quantitative estimate of drug-likeness (QED) is 0.289. The van der Waals surface area contributed by atoms with Gasteiger partial charge < -0.3 is 19.2 Å². The molecule has 0 fully saturated rings. The van der Waals surface area contributed by atoms with Crippen LogP contribution in [0.4, 0.5) is 0 Å². The van der Waals surface area contributed by atoms with Crippen molar-refractivity contribution in [2.45, 2.75) is 0 Å². The molecular formula is HKNa3O4P. The van der Waals surface area contributed by atoms with Crippen molar-refractivity contribution in [3.05, 3.63) is 0 Å². The van der Waals surface area contributed by atoms with Gasteiger partial charge in [0, 0.05) is 0 Å². The predicted octanol–water partition coefficient (Wildman–Crippen LogP) is -12.5. The molecule has 0 aliphatic carbocycles. The van der Waals surface area contributed by atoms with Crippen molar-refractivity contribution < 1.29 is 108 Å². The summed E-state index contributed by atoms with van der Waals surface area (Å²) in [5.41, 5.74) is 0. The first-order valence-electron chi connectivity index (χ1n) is 0.730. The van der Waals surface area contributed by atoms with Crippen molar-refractivity contribution in [3.8, 4) is 0 Å². The monoisotopic (exact) mass is 204 g/mol. The zero-order valence-electron chi connectivity index (χ0n) is 5.08. The first kappa shape index (κ1) is 29.2. The Morgan fingerprint density at radius 2 is 0.889 bits per heavy atom. The summed E-state index contributed by atoms with van der Waals surface area (Å²) >= 11 is 0. The fourth-order valence-corrected chi connectivity index (χ4v) is 0. The van der Waals surface area contributed by atoms with Gasteiger partial charge in [-0.15, -0.1) is 0 Å². The largest absolute Gasteiger partial charge is 1.00 e. The van der Waals surface area contributed by atoms with Crippen molar-refractivity contribution in [1.29, 1.82) is 0 Å². The minimum Gasteiger partial charge on any atom is 1.00 e. The van der Waals surface area contributed by atoms with Crippen molar-refractivity contribution in [2.24, 2.45) is 0 Å². The van der Waals surface area contributed by atoms with Gasteiger partial charge in [-0.05, 0) is 0 Å². The molecule has 0 aliphatic rings. The summed E-state index contributed by atoms with van der Waals surface area (Å²) in [6.45, 7) is 0. The molecule has 0 radical (unpaired) electrons. The summed E-state index contributed by atoms with van der Waals surface area (Å²) in [6.07, 6.45) is 0. The van der Waals surface area contributed by atoms with Crippen LogP contribution in [0.3, 0.4) is 0 Å². The number of rotatable bonds is 0. The Morgan fingerprint density at radius 3 is 0.889 bits per heavy atom. The van der Waals surface area contributed by atoms with E-state index in [-0.39, 0.29) is 140 Å². The third-order valence-electron chi connectivity index (χ3n) is 0. The van der Waals surface area contributed by atoms with Gasteiger partial charge in [0.2, 0.25) is 0 Å². The first-order chi connectivity index (χ1) is 2.00. The van der Waals surface area contributed by atoms with Crippen molar-refractivity contribution in [1.82, 2.24) is 0 Å². The van der Waals surface area contributed by atoms with E-state index in [1.165, 1.54) is 0 Å². The molecule has 4 nitrogen and oxygen atoms in total. The van der Waals surface area contributed by atoms with Gasteiger partial charge in [-0.1, -0.05) is 0 Å². The zero-order valence-corrected chi connectivity index (χ0v) is 12.0. The Bertz CT molecular complexity index is 61.9. The second-order valence-electron chi connectivity index (χ2n) is 0.447. The molecule has 0 spiro atoms. The van der Waals surface area contributed by atoms with Gasteiger partial charge in [0.05, 0.1) is 0 Å². The maximum Gasteiger partial charge on any atom is 1.00 e. The minimum absolute atomic E-state index is 0. The van der Waals surface area contributed by atoms with Crippen molar-refractivity contribution >= 4 is 59.2 Å². The van der Waals surface area contributed by atoms with Crippen LogP contribution in [0.5, 0.6) is 0 Å². The molecule has 0 heterocycles. The van der Waals surface area contributed by atoms with E-state index in [2.05, 4.69) is 0 Å². The van der Waals surface area contributed by atoms with E-state index in [4.69, 9.17) is 19.2 Å². The van der Waals surface area contributed by atoms with Crippen LogP contribution in [0, 0.1) is 0 Å². The maximum absolute atomic E-state index is 8.55. The van der Waals surface area contributed by atoms with Gasteiger partial charge >= 0.3 is 140 Å². The van der Waals surface area contributed by atoms with Crippen LogP contribution in [-0.2, 0) is 4.57 Å². The van der Waals surface area contributed by atoms with Gasteiger partial charge in [0.15, 0.2) is 0 Å². The molecule has 9 heavy (non-hydrogen) atoms. The molecule has 0 unspecified atom stereocenters. The molecule has 0 aromatic heterocycles. The van der Waals surface area contributed by atoms with Crippen LogP contribution in [0.2, 0.25) is 0 Å². The summed E-state index contributed by atoms with van der Waals surface area (Å²) in [5.74, 6) is 0. The van der Waals surface area contributed by atoms with Gasteiger partial charge in [0.1, 0.15) is 0 Å². The van der Waals surface area contributed by atoms with Crippen molar-refractivity contribution in [2.75, 3.05) is 0 Å². The Balaban J connectivity index is -0.0000000133. The van der Waals surface area contributed by atoms with Crippen LogP contribution in [0.25, 0.3) is 0 Å². The summed E-state index contributed by atoms with van der Waals surface area (Å²) in [7, 11) is -5.39. The summed E-state index contributed by atoms with van der Waals surface area (Å²) in [4.78, 5) is 25.6. The van der Waals surface area contributed by atoms with Crippen LogP contribution < -0.4 is 103 Å². The van der Waals surface area contributed by atoms with E-state index >= 15 is 0 Å². The molecule has 0 aromatic rings. The average Bonchev–Trinajstić information content (AvgIpc) is 0.722. The first-order valence-corrected chi connectivity index (χ1v) is 2.19. The van der Waals surface area contributed by atoms with Gasteiger partial charge in [-0.25, -0.2) is 0 Å². The molecule has 0 rings (SSSR count). The van der Waals surface area contributed by atoms with Gasteiger partial charge in [-0.2, -0.15) is 7.82 Å². The molecule has 0 aliphatic heterocycles. The minimum atomic E-state index is -5.39. The summed E-state index contributed by atoms with van der Waals surface area (Å²) in [5, 5.41) is 0. The Kier molecular flexibility index (Phi) is 49.4. The smallest absolute Gasteiger partial charge is 1.00 e. The van der Waals surface area contributed by atoms with Crippen LogP contribution in [0.1, 0.15) is 0 Å². The fraction of sp³-hybridized carbons (Fsp3) is 0. The topological polar surface area (TPSA) is 86.2 Å². The van der Waals surface area contributed by atoms with Crippen molar-refractivity contribution in [3.63, 3.8) is 0 Å². The Hall–Kier alpha value is 4.75. The fourth-order valence-electron chi connectivity index (χ4n) is 0. The number of phosphoric acid groups is 1. The maximum atomic E-state index is 8.55. The third kappa shape index (κ3) is 65.3. The predicted molar refractivity (Wildman–Crippen MR) is 14.8 cm³/mol. The molecule has 0 saturated heterocycles. The molecule has 0 bridgehead atoms. The third-order valence-corrected chi connectivity index (χ3v) is 0.